The fraction of sp³-hybridized carbons (Fsp3) is 0.136. The largest absolute Gasteiger partial charge is 0.418 e. The first-order valence-electron chi connectivity index (χ1n) is 9.39. The topological polar surface area (TPSA) is 64.7 Å². The predicted molar refractivity (Wildman–Crippen MR) is 110 cm³/mol. The van der Waals surface area contributed by atoms with Crippen LogP contribution in [0.5, 0.6) is 0 Å². The van der Waals surface area contributed by atoms with E-state index in [0.29, 0.717) is 5.69 Å². The zero-order valence-corrected chi connectivity index (χ0v) is 16.7. The van der Waals surface area contributed by atoms with Gasteiger partial charge in [0.15, 0.2) is 0 Å². The van der Waals surface area contributed by atoms with Crippen molar-refractivity contribution in [2.45, 2.75) is 20.0 Å². The lowest BCUT2D eigenvalue weighted by molar-refractivity contribution is -0.136. The number of nitrogens with zero attached hydrogens (tertiary/aromatic N) is 4. The number of amides is 1. The minimum absolute atomic E-state index is 0.188. The molecule has 0 fully saturated rings. The fourth-order valence-electron chi connectivity index (χ4n) is 3.31. The molecule has 0 saturated carbocycles. The molecule has 0 radical (unpaired) electrons. The molecular weight excluding hydrogens is 407 g/mol. The molecule has 0 aliphatic rings. The lowest BCUT2D eigenvalue weighted by atomic mass is 10.1. The Bertz CT molecular complexity index is 1240. The van der Waals surface area contributed by atoms with Crippen LogP contribution < -0.4 is 5.32 Å². The van der Waals surface area contributed by atoms with E-state index in [-0.39, 0.29) is 16.9 Å². The van der Waals surface area contributed by atoms with Crippen LogP contribution in [0.25, 0.3) is 11.4 Å². The molecule has 158 valence electrons. The summed E-state index contributed by atoms with van der Waals surface area (Å²) in [7, 11) is 0. The summed E-state index contributed by atoms with van der Waals surface area (Å²) >= 11 is 0. The van der Waals surface area contributed by atoms with Gasteiger partial charge in [0.2, 0.25) is 0 Å². The summed E-state index contributed by atoms with van der Waals surface area (Å²) in [5.41, 5.74) is 1.39. The van der Waals surface area contributed by atoms with Crippen molar-refractivity contribution in [2.24, 2.45) is 0 Å². The number of carbonyl (C=O) groups is 1. The smallest absolute Gasteiger partial charge is 0.321 e. The van der Waals surface area contributed by atoms with Crippen LogP contribution in [0, 0.1) is 13.8 Å². The second-order valence-electron chi connectivity index (χ2n) is 6.97. The van der Waals surface area contributed by atoms with E-state index in [1.54, 1.807) is 17.7 Å². The maximum atomic E-state index is 13.7. The number of carbonyl (C=O) groups excluding carboxylic acids is 1. The van der Waals surface area contributed by atoms with Crippen LogP contribution in [-0.2, 0) is 6.18 Å². The second-order valence-corrected chi connectivity index (χ2v) is 6.97. The van der Waals surface area contributed by atoms with Crippen LogP contribution >= 0.6 is 0 Å². The Morgan fingerprint density at radius 1 is 1.03 bits per heavy atom. The molecule has 9 heteroatoms. The average Bonchev–Trinajstić information content (AvgIpc) is 3.38. The van der Waals surface area contributed by atoms with E-state index in [1.807, 2.05) is 31.2 Å². The van der Waals surface area contributed by atoms with Gasteiger partial charge in [-0.2, -0.15) is 23.4 Å². The van der Waals surface area contributed by atoms with E-state index in [0.717, 1.165) is 17.3 Å². The molecule has 0 atom stereocenters. The minimum Gasteiger partial charge on any atom is -0.321 e. The predicted octanol–water partition coefficient (Wildman–Crippen LogP) is 4.95. The Morgan fingerprint density at radius 2 is 1.81 bits per heavy atom. The van der Waals surface area contributed by atoms with Crippen molar-refractivity contribution in [3.8, 4) is 11.4 Å². The van der Waals surface area contributed by atoms with Crippen molar-refractivity contribution < 1.29 is 18.0 Å². The van der Waals surface area contributed by atoms with Crippen molar-refractivity contribution in [1.29, 1.82) is 0 Å². The number of benzene rings is 2. The van der Waals surface area contributed by atoms with E-state index in [4.69, 9.17) is 0 Å². The van der Waals surface area contributed by atoms with Gasteiger partial charge in [-0.15, -0.1) is 0 Å². The number of aromatic nitrogens is 4. The van der Waals surface area contributed by atoms with Gasteiger partial charge in [0, 0.05) is 12.4 Å². The molecule has 2 aromatic carbocycles. The number of halogens is 3. The monoisotopic (exact) mass is 425 g/mol. The highest BCUT2D eigenvalue weighted by molar-refractivity contribution is 6.05. The molecule has 1 amide bonds. The third kappa shape index (κ3) is 3.94. The Balaban J connectivity index is 1.67. The molecule has 6 nitrogen and oxygen atoms in total. The van der Waals surface area contributed by atoms with Crippen molar-refractivity contribution in [3.63, 3.8) is 0 Å². The van der Waals surface area contributed by atoms with Gasteiger partial charge in [-0.1, -0.05) is 18.2 Å². The van der Waals surface area contributed by atoms with Gasteiger partial charge < -0.3 is 5.32 Å². The lowest BCUT2D eigenvalue weighted by Crippen LogP contribution is -2.18. The number of para-hydroxylation sites is 1. The van der Waals surface area contributed by atoms with Crippen molar-refractivity contribution in [3.05, 3.63) is 89.5 Å². The third-order valence-electron chi connectivity index (χ3n) is 4.92. The highest BCUT2D eigenvalue weighted by Gasteiger charge is 2.34. The van der Waals surface area contributed by atoms with Gasteiger partial charge in [-0.05, 0) is 49.7 Å². The number of alkyl halides is 3. The van der Waals surface area contributed by atoms with Gasteiger partial charge in [0.25, 0.3) is 5.91 Å². The quantitative estimate of drug-likeness (QED) is 0.503. The van der Waals surface area contributed by atoms with Crippen LogP contribution in [-0.4, -0.2) is 25.5 Å². The fourth-order valence-corrected chi connectivity index (χ4v) is 3.31. The molecule has 0 spiro atoms. The van der Waals surface area contributed by atoms with E-state index in [2.05, 4.69) is 15.5 Å². The normalized spacial score (nSPS) is 11.5. The van der Waals surface area contributed by atoms with Crippen LogP contribution in [0.1, 0.15) is 27.2 Å². The molecule has 0 unspecified atom stereocenters. The number of anilines is 1. The standard InChI is InChI=1S/C22H18F3N5O/c1-14-6-3-4-7-20(14)30-15(2)17(13-27-30)21(31)28-19-9-8-16(29-11-5-10-26-29)12-18(19)22(23,24)25/h3-13H,1-2H3,(H,28,31). The van der Waals surface area contributed by atoms with Gasteiger partial charge in [0.05, 0.1) is 40.1 Å². The Kier molecular flexibility index (Phi) is 5.10. The van der Waals surface area contributed by atoms with Crippen LogP contribution in [0.2, 0.25) is 0 Å². The zero-order valence-electron chi connectivity index (χ0n) is 16.7. The van der Waals surface area contributed by atoms with Gasteiger partial charge >= 0.3 is 6.18 Å². The molecule has 4 aromatic rings. The number of rotatable bonds is 4. The first-order chi connectivity index (χ1) is 14.8. The third-order valence-corrected chi connectivity index (χ3v) is 4.92. The Morgan fingerprint density at radius 3 is 2.48 bits per heavy atom. The highest BCUT2D eigenvalue weighted by Crippen LogP contribution is 2.36. The molecule has 0 saturated heterocycles. The van der Waals surface area contributed by atoms with Gasteiger partial charge in [0.1, 0.15) is 0 Å². The van der Waals surface area contributed by atoms with Crippen molar-refractivity contribution >= 4 is 11.6 Å². The first-order valence-corrected chi connectivity index (χ1v) is 9.39. The van der Waals surface area contributed by atoms with E-state index < -0.39 is 17.6 Å². The van der Waals surface area contributed by atoms with E-state index in [1.165, 1.54) is 35.4 Å². The lowest BCUT2D eigenvalue weighted by Gasteiger charge is -2.15. The van der Waals surface area contributed by atoms with Crippen molar-refractivity contribution in [2.75, 3.05) is 5.32 Å². The van der Waals surface area contributed by atoms with E-state index in [9.17, 15) is 18.0 Å². The summed E-state index contributed by atoms with van der Waals surface area (Å²) < 4.78 is 43.9. The number of hydrogen-bond donors (Lipinski definition) is 1. The van der Waals surface area contributed by atoms with Crippen LogP contribution in [0.3, 0.4) is 0 Å². The first kappa shape index (κ1) is 20.4. The summed E-state index contributed by atoms with van der Waals surface area (Å²) in [4.78, 5) is 12.8. The summed E-state index contributed by atoms with van der Waals surface area (Å²) in [5, 5.41) is 10.6. The van der Waals surface area contributed by atoms with Crippen LogP contribution in [0.15, 0.2) is 67.1 Å². The summed E-state index contributed by atoms with van der Waals surface area (Å²) in [6, 6.07) is 12.7. The molecule has 4 rings (SSSR count). The molecule has 2 aromatic heterocycles. The number of nitrogens with one attached hydrogen (secondary N) is 1. The van der Waals surface area contributed by atoms with Gasteiger partial charge in [-0.3, -0.25) is 4.79 Å². The second kappa shape index (κ2) is 7.75. The molecule has 0 aliphatic carbocycles. The molecule has 0 bridgehead atoms. The molecule has 31 heavy (non-hydrogen) atoms. The Hall–Kier alpha value is -3.88. The molecular formula is C22H18F3N5O. The molecule has 1 N–H and O–H groups in total. The zero-order chi connectivity index (χ0) is 22.2. The maximum Gasteiger partial charge on any atom is 0.418 e. The number of aryl methyl sites for hydroxylation is 1. The highest BCUT2D eigenvalue weighted by atomic mass is 19.4. The SMILES string of the molecule is Cc1ccccc1-n1ncc(C(=O)Nc2ccc(-n3cccn3)cc2C(F)(F)F)c1C. The summed E-state index contributed by atoms with van der Waals surface area (Å²) in [6.45, 7) is 3.60. The van der Waals surface area contributed by atoms with Crippen LogP contribution in [0.4, 0.5) is 18.9 Å². The summed E-state index contributed by atoms with van der Waals surface area (Å²) in [5.74, 6) is -0.672. The number of hydrogen-bond acceptors (Lipinski definition) is 3. The van der Waals surface area contributed by atoms with Crippen molar-refractivity contribution in [1.82, 2.24) is 19.6 Å². The molecule has 2 heterocycles. The average molecular weight is 425 g/mol. The summed E-state index contributed by atoms with van der Waals surface area (Å²) in [6.07, 6.45) is -0.302. The van der Waals surface area contributed by atoms with Gasteiger partial charge in [-0.25, -0.2) is 9.36 Å². The maximum absolute atomic E-state index is 13.7. The Labute approximate surface area is 175 Å². The van der Waals surface area contributed by atoms with E-state index >= 15 is 0 Å². The minimum atomic E-state index is -4.66. The molecule has 0 aliphatic heterocycles.